The molecule has 0 heterocycles. The van der Waals surface area contributed by atoms with E-state index >= 15 is 0 Å². The normalized spacial score (nSPS) is 22.7. The van der Waals surface area contributed by atoms with Gasteiger partial charge in [0.1, 0.15) is 4.91 Å². The molecule has 1 aromatic rings. The molecular formula is C21H25S+. The number of rotatable bonds is 3. The van der Waals surface area contributed by atoms with E-state index in [4.69, 9.17) is 0 Å². The topological polar surface area (TPSA) is 0 Å². The van der Waals surface area contributed by atoms with Crippen molar-refractivity contribution < 1.29 is 0 Å². The first-order chi connectivity index (χ1) is 10.6. The second kappa shape index (κ2) is 6.75. The Morgan fingerprint density at radius 1 is 1.00 bits per heavy atom. The predicted molar refractivity (Wildman–Crippen MR) is 98.9 cm³/mol. The molecule has 3 rings (SSSR count). The predicted octanol–water partition coefficient (Wildman–Crippen LogP) is 6.08. The summed E-state index contributed by atoms with van der Waals surface area (Å²) in [6, 6.07) is 9.12. The summed E-state index contributed by atoms with van der Waals surface area (Å²) in [5, 5.41) is 0. The van der Waals surface area contributed by atoms with Gasteiger partial charge in [-0.25, -0.2) is 0 Å². The molecule has 2 unspecified atom stereocenters. The summed E-state index contributed by atoms with van der Waals surface area (Å²) < 4.78 is 0. The lowest BCUT2D eigenvalue weighted by Gasteiger charge is -2.17. The highest BCUT2D eigenvalue weighted by Crippen LogP contribution is 2.37. The van der Waals surface area contributed by atoms with Crippen molar-refractivity contribution in [1.82, 2.24) is 0 Å². The SMILES string of the molecule is CC1=CC=C([S+](C2=CCC(C)C=C2)c2ccc(C)cc2)CC1. The van der Waals surface area contributed by atoms with Crippen molar-refractivity contribution in [2.45, 2.75) is 44.9 Å². The van der Waals surface area contributed by atoms with E-state index in [0.717, 1.165) is 0 Å². The van der Waals surface area contributed by atoms with E-state index in [2.05, 4.69) is 75.4 Å². The minimum atomic E-state index is 0.0919. The van der Waals surface area contributed by atoms with E-state index in [0.29, 0.717) is 5.92 Å². The molecule has 0 fully saturated rings. The Morgan fingerprint density at radius 2 is 1.77 bits per heavy atom. The molecule has 0 saturated heterocycles. The first-order valence-corrected chi connectivity index (χ1v) is 9.41. The fraction of sp³-hybridized carbons (Fsp3) is 0.333. The molecule has 0 nitrogen and oxygen atoms in total. The van der Waals surface area contributed by atoms with E-state index in [1.165, 1.54) is 40.2 Å². The van der Waals surface area contributed by atoms with Crippen molar-refractivity contribution in [2.24, 2.45) is 5.92 Å². The maximum absolute atomic E-state index is 2.46. The van der Waals surface area contributed by atoms with Crippen molar-refractivity contribution in [3.05, 3.63) is 75.6 Å². The number of allylic oxidation sites excluding steroid dienone is 7. The molecule has 0 aliphatic heterocycles. The van der Waals surface area contributed by atoms with Crippen LogP contribution in [-0.2, 0) is 10.9 Å². The van der Waals surface area contributed by atoms with Crippen LogP contribution >= 0.6 is 0 Å². The molecule has 1 aromatic carbocycles. The second-order valence-electron chi connectivity index (χ2n) is 6.44. The standard InChI is InChI=1S/C21H25S/c1-16-4-10-19(11-5-16)22(20-12-6-17(2)7-13-20)21-14-8-18(3)9-15-21/h4-6,8,10-14,17H,7,9,15H2,1-3H3/q+1. The Labute approximate surface area is 137 Å². The molecule has 2 aliphatic carbocycles. The van der Waals surface area contributed by atoms with Gasteiger partial charge in [-0.3, -0.25) is 0 Å². The van der Waals surface area contributed by atoms with Gasteiger partial charge in [-0.05, 0) is 63.0 Å². The van der Waals surface area contributed by atoms with Crippen molar-refractivity contribution in [3.63, 3.8) is 0 Å². The Morgan fingerprint density at radius 3 is 2.36 bits per heavy atom. The fourth-order valence-electron chi connectivity index (χ4n) is 2.86. The highest BCUT2D eigenvalue weighted by atomic mass is 32.2. The van der Waals surface area contributed by atoms with Gasteiger partial charge >= 0.3 is 0 Å². The quantitative estimate of drug-likeness (QED) is 0.594. The summed E-state index contributed by atoms with van der Waals surface area (Å²) >= 11 is 0. The van der Waals surface area contributed by atoms with Crippen LogP contribution in [0.25, 0.3) is 0 Å². The number of aryl methyl sites for hydroxylation is 1. The maximum atomic E-state index is 2.46. The van der Waals surface area contributed by atoms with Crippen LogP contribution in [0.5, 0.6) is 0 Å². The zero-order chi connectivity index (χ0) is 15.5. The zero-order valence-corrected chi connectivity index (χ0v) is 14.6. The Kier molecular flexibility index (Phi) is 4.73. The molecule has 0 N–H and O–H groups in total. The molecule has 0 radical (unpaired) electrons. The van der Waals surface area contributed by atoms with E-state index in [9.17, 15) is 0 Å². The van der Waals surface area contributed by atoms with Crippen molar-refractivity contribution in [1.29, 1.82) is 0 Å². The molecule has 22 heavy (non-hydrogen) atoms. The molecule has 2 atom stereocenters. The largest absolute Gasteiger partial charge is 0.166 e. The lowest BCUT2D eigenvalue weighted by atomic mass is 10.0. The van der Waals surface area contributed by atoms with Gasteiger partial charge in [0.15, 0.2) is 9.80 Å². The summed E-state index contributed by atoms with van der Waals surface area (Å²) in [7, 11) is 0.0919. The van der Waals surface area contributed by atoms with E-state index < -0.39 is 0 Å². The van der Waals surface area contributed by atoms with Gasteiger partial charge in [-0.15, -0.1) is 0 Å². The summed E-state index contributed by atoms with van der Waals surface area (Å²) in [6.45, 7) is 6.69. The minimum absolute atomic E-state index is 0.0919. The van der Waals surface area contributed by atoms with Crippen LogP contribution < -0.4 is 0 Å². The molecule has 0 aromatic heterocycles. The average Bonchev–Trinajstić information content (AvgIpc) is 2.53. The third-order valence-corrected chi connectivity index (χ3v) is 6.74. The minimum Gasteiger partial charge on any atom is -0.0764 e. The molecule has 0 amide bonds. The second-order valence-corrected chi connectivity index (χ2v) is 8.52. The van der Waals surface area contributed by atoms with Crippen LogP contribution in [0.4, 0.5) is 0 Å². The number of hydrogen-bond acceptors (Lipinski definition) is 0. The van der Waals surface area contributed by atoms with Gasteiger partial charge in [-0.1, -0.05) is 42.3 Å². The molecule has 2 aliphatic rings. The lowest BCUT2D eigenvalue weighted by Crippen LogP contribution is -2.12. The van der Waals surface area contributed by atoms with Gasteiger partial charge in [0.25, 0.3) is 0 Å². The van der Waals surface area contributed by atoms with Crippen LogP contribution in [0.2, 0.25) is 0 Å². The highest BCUT2D eigenvalue weighted by Gasteiger charge is 2.33. The van der Waals surface area contributed by atoms with E-state index in [-0.39, 0.29) is 10.9 Å². The fourth-order valence-corrected chi connectivity index (χ4v) is 5.14. The Balaban J connectivity index is 1.99. The average molecular weight is 309 g/mol. The summed E-state index contributed by atoms with van der Waals surface area (Å²) in [5.74, 6) is 0.676. The molecule has 0 bridgehead atoms. The van der Waals surface area contributed by atoms with Crippen LogP contribution in [0, 0.1) is 12.8 Å². The lowest BCUT2D eigenvalue weighted by molar-refractivity contribution is 0.735. The van der Waals surface area contributed by atoms with Crippen LogP contribution in [0.3, 0.4) is 0 Å². The van der Waals surface area contributed by atoms with Gasteiger partial charge in [0, 0.05) is 6.42 Å². The molecule has 1 heteroatoms. The van der Waals surface area contributed by atoms with Gasteiger partial charge < -0.3 is 0 Å². The molecular weight excluding hydrogens is 284 g/mol. The van der Waals surface area contributed by atoms with Gasteiger partial charge in [0.2, 0.25) is 0 Å². The first-order valence-electron chi connectivity index (χ1n) is 8.19. The van der Waals surface area contributed by atoms with Crippen molar-refractivity contribution >= 4 is 10.9 Å². The van der Waals surface area contributed by atoms with Gasteiger partial charge in [0.05, 0.1) is 10.9 Å². The third-order valence-electron chi connectivity index (χ3n) is 4.35. The van der Waals surface area contributed by atoms with E-state index in [1.807, 2.05) is 0 Å². The van der Waals surface area contributed by atoms with Gasteiger partial charge in [-0.2, -0.15) is 0 Å². The molecule has 0 saturated carbocycles. The van der Waals surface area contributed by atoms with E-state index in [1.54, 1.807) is 4.91 Å². The third kappa shape index (κ3) is 3.47. The van der Waals surface area contributed by atoms with Crippen LogP contribution in [-0.4, -0.2) is 0 Å². The summed E-state index contributed by atoms with van der Waals surface area (Å²) in [6.07, 6.45) is 15.4. The van der Waals surface area contributed by atoms with Crippen LogP contribution in [0.15, 0.2) is 74.9 Å². The van der Waals surface area contributed by atoms with Crippen molar-refractivity contribution in [2.75, 3.05) is 0 Å². The Bertz CT molecular complexity index is 656. The summed E-state index contributed by atoms with van der Waals surface area (Å²) in [4.78, 5) is 4.54. The molecule has 0 spiro atoms. The highest BCUT2D eigenvalue weighted by molar-refractivity contribution is 8.04. The zero-order valence-electron chi connectivity index (χ0n) is 13.8. The monoisotopic (exact) mass is 309 g/mol. The smallest absolute Gasteiger partial charge is 0.0764 e. The number of benzene rings is 1. The maximum Gasteiger partial charge on any atom is 0.166 e. The first kappa shape index (κ1) is 15.4. The molecule has 114 valence electrons. The number of hydrogen-bond donors (Lipinski definition) is 0. The summed E-state index contributed by atoms with van der Waals surface area (Å²) in [5.41, 5.74) is 2.83. The Hall–Kier alpha value is -1.47. The van der Waals surface area contributed by atoms with Crippen LogP contribution in [0.1, 0.15) is 38.7 Å². The van der Waals surface area contributed by atoms with Crippen molar-refractivity contribution in [3.8, 4) is 0 Å².